The van der Waals surface area contributed by atoms with Crippen LogP contribution in [0, 0.1) is 0 Å². The van der Waals surface area contributed by atoms with Crippen molar-refractivity contribution in [3.05, 3.63) is 36.5 Å². The van der Waals surface area contributed by atoms with E-state index in [4.69, 9.17) is 10.8 Å². The zero-order valence-electron chi connectivity index (χ0n) is 13.3. The first-order valence-electron chi connectivity index (χ1n) is 7.79. The van der Waals surface area contributed by atoms with Crippen LogP contribution in [0.1, 0.15) is 19.3 Å². The second-order valence-electron chi connectivity index (χ2n) is 5.37. The van der Waals surface area contributed by atoms with Gasteiger partial charge in [-0.1, -0.05) is 24.3 Å². The second kappa shape index (κ2) is 9.24. The molecule has 0 saturated heterocycles. The van der Waals surface area contributed by atoms with E-state index in [1.807, 2.05) is 24.3 Å². The Labute approximate surface area is 144 Å². The third-order valence-corrected chi connectivity index (χ3v) is 4.59. The van der Waals surface area contributed by atoms with E-state index >= 15 is 0 Å². The lowest BCUT2D eigenvalue weighted by atomic mass is 10.1. The summed E-state index contributed by atoms with van der Waals surface area (Å²) in [4.78, 5) is 26.6. The van der Waals surface area contributed by atoms with Gasteiger partial charge in [0.2, 0.25) is 5.91 Å². The van der Waals surface area contributed by atoms with Gasteiger partial charge in [-0.3, -0.25) is 9.59 Å². The van der Waals surface area contributed by atoms with Gasteiger partial charge in [-0.15, -0.1) is 11.8 Å². The van der Waals surface area contributed by atoms with Crippen molar-refractivity contribution in [2.24, 2.45) is 5.73 Å². The molecule has 6 nitrogen and oxygen atoms in total. The summed E-state index contributed by atoms with van der Waals surface area (Å²) in [5, 5.41) is 14.6. The number of carboxylic acids is 1. The molecule has 2 rings (SSSR count). The minimum atomic E-state index is -0.947. The summed E-state index contributed by atoms with van der Waals surface area (Å²) < 4.78 is 0. The van der Waals surface area contributed by atoms with Crippen molar-refractivity contribution in [2.75, 3.05) is 12.3 Å². The van der Waals surface area contributed by atoms with Gasteiger partial charge < -0.3 is 16.2 Å². The fourth-order valence-electron chi connectivity index (χ4n) is 2.20. The maximum atomic E-state index is 11.7. The van der Waals surface area contributed by atoms with Crippen molar-refractivity contribution in [3.8, 4) is 0 Å². The van der Waals surface area contributed by atoms with Crippen LogP contribution in [0.5, 0.6) is 0 Å². The first-order valence-corrected chi connectivity index (χ1v) is 8.78. The van der Waals surface area contributed by atoms with E-state index < -0.39 is 12.0 Å². The van der Waals surface area contributed by atoms with Gasteiger partial charge in [0.1, 0.15) is 5.03 Å². The van der Waals surface area contributed by atoms with E-state index in [0.29, 0.717) is 6.54 Å². The fourth-order valence-corrected chi connectivity index (χ4v) is 3.16. The molecule has 0 spiro atoms. The summed E-state index contributed by atoms with van der Waals surface area (Å²) in [7, 11) is 0. The molecule has 1 amide bonds. The molecular formula is C17H21N3O3S. The number of nitrogens with two attached hydrogens (primary N) is 1. The highest BCUT2D eigenvalue weighted by molar-refractivity contribution is 7.99. The van der Waals surface area contributed by atoms with Crippen molar-refractivity contribution in [1.82, 2.24) is 10.3 Å². The molecule has 7 heteroatoms. The molecule has 1 atom stereocenters. The molecule has 0 unspecified atom stereocenters. The molecule has 24 heavy (non-hydrogen) atoms. The molecule has 2 aromatic rings. The predicted octanol–water partition coefficient (Wildman–Crippen LogP) is 2.03. The highest BCUT2D eigenvalue weighted by Gasteiger charge is 2.14. The minimum absolute atomic E-state index is 0.100. The van der Waals surface area contributed by atoms with E-state index in [1.54, 1.807) is 18.0 Å². The van der Waals surface area contributed by atoms with Crippen LogP contribution >= 0.6 is 11.8 Å². The van der Waals surface area contributed by atoms with E-state index in [9.17, 15) is 9.59 Å². The quantitative estimate of drug-likeness (QED) is 0.473. The molecule has 0 saturated carbocycles. The molecule has 4 N–H and O–H groups in total. The summed E-state index contributed by atoms with van der Waals surface area (Å²) in [6.45, 7) is 0.511. The molecule has 0 radical (unpaired) electrons. The number of aromatic nitrogens is 1. The largest absolute Gasteiger partial charge is 0.481 e. The van der Waals surface area contributed by atoms with Crippen LogP contribution in [0.3, 0.4) is 0 Å². The Morgan fingerprint density at radius 3 is 2.88 bits per heavy atom. The number of fused-ring (bicyclic) bond motifs is 1. The van der Waals surface area contributed by atoms with Crippen LogP contribution in [0.4, 0.5) is 0 Å². The molecule has 0 aliphatic heterocycles. The molecule has 0 aliphatic rings. The molecule has 0 fully saturated rings. The summed E-state index contributed by atoms with van der Waals surface area (Å²) in [5.74, 6) is -0.423. The first-order chi connectivity index (χ1) is 11.6. The third kappa shape index (κ3) is 5.50. The number of thioether (sulfide) groups is 1. The fraction of sp³-hybridized carbons (Fsp3) is 0.353. The van der Waals surface area contributed by atoms with Gasteiger partial charge in [0, 0.05) is 30.3 Å². The average molecular weight is 347 g/mol. The number of carbonyl (C=O) groups excluding carboxylic acids is 1. The number of nitrogens with one attached hydrogen (secondary N) is 1. The van der Waals surface area contributed by atoms with Gasteiger partial charge in [0.05, 0.1) is 6.04 Å². The van der Waals surface area contributed by atoms with Crippen molar-refractivity contribution in [1.29, 1.82) is 0 Å². The topological polar surface area (TPSA) is 105 Å². The van der Waals surface area contributed by atoms with Crippen LogP contribution in [0.15, 0.2) is 41.6 Å². The van der Waals surface area contributed by atoms with Crippen molar-refractivity contribution in [3.63, 3.8) is 0 Å². The standard InChI is InChI=1S/C17H21N3O3S/c18-14(6-7-15(21)22)16(23)19-9-3-11-24-17-13-5-2-1-4-12(13)8-10-20-17/h1-2,4-5,8,10,14H,3,6-7,9,11,18H2,(H,19,23)(H,21,22)/t14-/m0/s1. The number of nitrogens with zero attached hydrogens (tertiary/aromatic N) is 1. The number of carboxylic acid groups (broad SMARTS) is 1. The number of aliphatic carboxylic acids is 1. The van der Waals surface area contributed by atoms with E-state index in [-0.39, 0.29) is 18.7 Å². The van der Waals surface area contributed by atoms with E-state index in [0.717, 1.165) is 28.0 Å². The smallest absolute Gasteiger partial charge is 0.303 e. The number of hydrogen-bond donors (Lipinski definition) is 3. The predicted molar refractivity (Wildman–Crippen MR) is 94.9 cm³/mol. The number of amides is 1. The van der Waals surface area contributed by atoms with Crippen LogP contribution in [0.25, 0.3) is 10.8 Å². The molecule has 0 bridgehead atoms. The summed E-state index contributed by atoms with van der Waals surface area (Å²) in [6, 6.07) is 9.31. The van der Waals surface area contributed by atoms with Crippen LogP contribution < -0.4 is 11.1 Å². The van der Waals surface area contributed by atoms with Gasteiger partial charge in [0.25, 0.3) is 0 Å². The average Bonchev–Trinajstić information content (AvgIpc) is 2.59. The van der Waals surface area contributed by atoms with Gasteiger partial charge >= 0.3 is 5.97 Å². The molecule has 1 aromatic heterocycles. The molecular weight excluding hydrogens is 326 g/mol. The van der Waals surface area contributed by atoms with Crippen molar-refractivity contribution in [2.45, 2.75) is 30.3 Å². The van der Waals surface area contributed by atoms with Crippen molar-refractivity contribution < 1.29 is 14.7 Å². The monoisotopic (exact) mass is 347 g/mol. The van der Waals surface area contributed by atoms with Crippen LogP contribution in [-0.4, -0.2) is 40.3 Å². The van der Waals surface area contributed by atoms with Crippen LogP contribution in [0.2, 0.25) is 0 Å². The lowest BCUT2D eigenvalue weighted by Crippen LogP contribution is -2.41. The maximum Gasteiger partial charge on any atom is 0.303 e. The zero-order valence-corrected chi connectivity index (χ0v) is 14.1. The number of rotatable bonds is 9. The Kier molecular flexibility index (Phi) is 7.02. The highest BCUT2D eigenvalue weighted by Crippen LogP contribution is 2.25. The van der Waals surface area contributed by atoms with Crippen molar-refractivity contribution >= 4 is 34.4 Å². The summed E-state index contributed by atoms with van der Waals surface area (Å²) >= 11 is 1.65. The minimum Gasteiger partial charge on any atom is -0.481 e. The Balaban J connectivity index is 1.71. The van der Waals surface area contributed by atoms with Gasteiger partial charge in [0.15, 0.2) is 0 Å². The molecule has 1 aromatic carbocycles. The third-order valence-electron chi connectivity index (χ3n) is 3.50. The SMILES string of the molecule is N[C@@H](CCC(=O)O)C(=O)NCCCSc1nccc2ccccc12. The Morgan fingerprint density at radius 1 is 1.29 bits per heavy atom. The lowest BCUT2D eigenvalue weighted by Gasteiger charge is -2.11. The Bertz CT molecular complexity index is 703. The van der Waals surface area contributed by atoms with Crippen LogP contribution in [-0.2, 0) is 9.59 Å². The molecule has 128 valence electrons. The molecule has 0 aliphatic carbocycles. The van der Waals surface area contributed by atoms with Gasteiger partial charge in [-0.05, 0) is 24.3 Å². The summed E-state index contributed by atoms with van der Waals surface area (Å²) in [6.07, 6.45) is 2.63. The number of hydrogen-bond acceptors (Lipinski definition) is 5. The number of benzene rings is 1. The lowest BCUT2D eigenvalue weighted by molar-refractivity contribution is -0.137. The highest BCUT2D eigenvalue weighted by atomic mass is 32.2. The number of pyridine rings is 1. The maximum absolute atomic E-state index is 11.7. The Hall–Kier alpha value is -2.12. The van der Waals surface area contributed by atoms with Gasteiger partial charge in [-0.2, -0.15) is 0 Å². The molecule has 1 heterocycles. The van der Waals surface area contributed by atoms with Gasteiger partial charge in [-0.25, -0.2) is 4.98 Å². The second-order valence-corrected chi connectivity index (χ2v) is 6.45. The first kappa shape index (κ1) is 18.2. The Morgan fingerprint density at radius 2 is 2.08 bits per heavy atom. The zero-order chi connectivity index (χ0) is 17.4. The van der Waals surface area contributed by atoms with E-state index in [2.05, 4.69) is 16.4 Å². The van der Waals surface area contributed by atoms with E-state index in [1.165, 1.54) is 0 Å². The normalized spacial score (nSPS) is 12.0. The summed E-state index contributed by atoms with van der Waals surface area (Å²) in [5.41, 5.74) is 5.64. The number of carbonyl (C=O) groups is 2.